The highest BCUT2D eigenvalue weighted by Crippen LogP contribution is 2.42. The Morgan fingerprint density at radius 3 is 1.84 bits per heavy atom. The lowest BCUT2D eigenvalue weighted by Crippen LogP contribution is -2.48. The van der Waals surface area contributed by atoms with Crippen molar-refractivity contribution in [1.29, 1.82) is 0 Å². The number of azo groups is 1. The zero-order valence-electron chi connectivity index (χ0n) is 15.9. The molecule has 7 heteroatoms. The molecule has 1 aromatic carbocycles. The third kappa shape index (κ3) is 5.77. The molecule has 25 heavy (non-hydrogen) atoms. The van der Waals surface area contributed by atoms with Crippen LogP contribution in [-0.4, -0.2) is 20.5 Å². The normalized spacial score (nSPS) is 12.2. The van der Waals surface area contributed by atoms with Gasteiger partial charge in [0.2, 0.25) is 0 Å². The van der Waals surface area contributed by atoms with Crippen LogP contribution in [0.15, 0.2) is 40.6 Å². The Labute approximate surface area is 150 Å². The molecule has 0 heterocycles. The van der Waals surface area contributed by atoms with Gasteiger partial charge in [-0.1, -0.05) is 82.1 Å². The zero-order chi connectivity index (χ0) is 19.0. The average Bonchev–Trinajstić information content (AvgIpc) is 2.55. The summed E-state index contributed by atoms with van der Waals surface area (Å²) in [5, 5.41) is 6.71. The maximum absolute atomic E-state index is 12.1. The fourth-order valence-corrected chi connectivity index (χ4v) is 8.41. The minimum atomic E-state index is -2.39. The van der Waals surface area contributed by atoms with Crippen molar-refractivity contribution >= 4 is 20.5 Å². The number of carbonyl (C=O) groups excluding carboxylic acids is 2. The molecular weight excluding hydrogens is 336 g/mol. The number of rotatable bonds is 6. The number of nitrogens with zero attached hydrogens (tertiary/aromatic N) is 2. The first kappa shape index (κ1) is 21.0. The van der Waals surface area contributed by atoms with Crippen LogP contribution in [0.1, 0.15) is 47.1 Å². The van der Waals surface area contributed by atoms with Crippen LogP contribution in [0.3, 0.4) is 0 Å². The summed E-state index contributed by atoms with van der Waals surface area (Å²) in [5.41, 5.74) is 1.53. The van der Waals surface area contributed by atoms with E-state index in [1.165, 1.54) is 0 Å². The summed E-state index contributed by atoms with van der Waals surface area (Å²) in [5.74, 6) is 0. The first-order valence-corrected chi connectivity index (χ1v) is 10.7. The van der Waals surface area contributed by atoms with E-state index in [1.807, 2.05) is 30.3 Å². The van der Waals surface area contributed by atoms with E-state index in [0.29, 0.717) is 0 Å². The highest BCUT2D eigenvalue weighted by atomic mass is 28.4. The molecule has 0 aromatic heterocycles. The van der Waals surface area contributed by atoms with Crippen molar-refractivity contribution in [3.63, 3.8) is 0 Å². The molecule has 0 bridgehead atoms. The van der Waals surface area contributed by atoms with Crippen LogP contribution in [-0.2, 0) is 15.8 Å². The van der Waals surface area contributed by atoms with Crippen LogP contribution in [0.25, 0.3) is 0 Å². The van der Waals surface area contributed by atoms with Crippen molar-refractivity contribution in [2.45, 2.75) is 64.8 Å². The third-order valence-corrected chi connectivity index (χ3v) is 10.3. The summed E-state index contributed by atoms with van der Waals surface area (Å²) in [7, 11) is -2.39. The highest BCUT2D eigenvalue weighted by Gasteiger charge is 2.48. The third-order valence-electron chi connectivity index (χ3n) is 4.39. The molecule has 0 saturated carbocycles. The molecule has 6 nitrogen and oxygen atoms in total. The Bertz CT molecular complexity index is 579. The summed E-state index contributed by atoms with van der Waals surface area (Å²) in [6, 6.07) is 9.21. The molecule has 0 atom stereocenters. The van der Waals surface area contributed by atoms with Gasteiger partial charge in [0.05, 0.1) is 0 Å². The van der Waals surface area contributed by atoms with E-state index in [9.17, 15) is 9.59 Å². The lowest BCUT2D eigenvalue weighted by molar-refractivity contribution is 0.147. The topological polar surface area (TPSA) is 77.3 Å². The number of amides is 2. The molecule has 0 saturated heterocycles. The summed E-state index contributed by atoms with van der Waals surface area (Å²) >= 11 is 0. The molecule has 0 fully saturated rings. The number of hydrogen-bond acceptors (Lipinski definition) is 4. The summed E-state index contributed by atoms with van der Waals surface area (Å²) < 4.78 is 10.7. The standard InChI is InChI=1S/C18H28N2O4Si/c1-13(2)25(14(3)4,15(5)6)24-18(22)20-19-17(21)23-12-16-10-8-7-9-11-16/h7-11,13-15H,12H2,1-6H3/b20-19+. The molecule has 1 rings (SSSR count). The first-order chi connectivity index (χ1) is 11.7. The Hall–Kier alpha value is -2.02. The van der Waals surface area contributed by atoms with Gasteiger partial charge in [-0.05, 0) is 22.2 Å². The fraction of sp³-hybridized carbons (Fsp3) is 0.556. The van der Waals surface area contributed by atoms with Crippen LogP contribution in [0, 0.1) is 0 Å². The Morgan fingerprint density at radius 1 is 0.880 bits per heavy atom. The largest absolute Gasteiger partial charge is 0.500 e. The fourth-order valence-electron chi connectivity index (χ4n) is 3.36. The van der Waals surface area contributed by atoms with Gasteiger partial charge in [0.25, 0.3) is 8.32 Å². The van der Waals surface area contributed by atoms with Gasteiger partial charge in [-0.25, -0.2) is 9.59 Å². The van der Waals surface area contributed by atoms with Crippen molar-refractivity contribution < 1.29 is 18.8 Å². The van der Waals surface area contributed by atoms with Gasteiger partial charge in [0.15, 0.2) is 0 Å². The summed E-state index contributed by atoms with van der Waals surface area (Å²) in [6.45, 7) is 12.4. The molecule has 138 valence electrons. The van der Waals surface area contributed by atoms with Crippen molar-refractivity contribution in [2.75, 3.05) is 0 Å². The van der Waals surface area contributed by atoms with Crippen molar-refractivity contribution in [3.8, 4) is 0 Å². The number of hydrogen-bond donors (Lipinski definition) is 0. The van der Waals surface area contributed by atoms with Gasteiger partial charge >= 0.3 is 12.2 Å². The molecule has 0 unspecified atom stereocenters. The van der Waals surface area contributed by atoms with E-state index in [1.54, 1.807) is 0 Å². The lowest BCUT2D eigenvalue weighted by Gasteiger charge is -2.40. The second-order valence-electron chi connectivity index (χ2n) is 6.93. The molecule has 0 radical (unpaired) electrons. The second-order valence-corrected chi connectivity index (χ2v) is 12.3. The summed E-state index contributed by atoms with van der Waals surface area (Å²) in [4.78, 5) is 23.7. The number of carbonyl (C=O) groups is 2. The van der Waals surface area contributed by atoms with Crippen LogP contribution in [0.2, 0.25) is 16.6 Å². The smallest absolute Gasteiger partial charge is 0.452 e. The predicted molar refractivity (Wildman–Crippen MR) is 99.0 cm³/mol. The van der Waals surface area contributed by atoms with Gasteiger partial charge in [0, 0.05) is 0 Å². The Morgan fingerprint density at radius 2 is 1.36 bits per heavy atom. The number of ether oxygens (including phenoxy) is 1. The second kappa shape index (κ2) is 9.46. The monoisotopic (exact) mass is 364 g/mol. The SMILES string of the molecule is CC(C)[Si](OC(=O)/N=N/C(=O)OCc1ccccc1)(C(C)C)C(C)C. The minimum absolute atomic E-state index is 0.0798. The number of benzene rings is 1. The predicted octanol–water partition coefficient (Wildman–Crippen LogP) is 6.09. The molecule has 0 N–H and O–H groups in total. The van der Waals surface area contributed by atoms with Gasteiger partial charge in [-0.2, -0.15) is 0 Å². The van der Waals surface area contributed by atoms with Crippen molar-refractivity contribution in [3.05, 3.63) is 35.9 Å². The van der Waals surface area contributed by atoms with Crippen LogP contribution >= 0.6 is 0 Å². The van der Waals surface area contributed by atoms with E-state index in [0.717, 1.165) is 5.56 Å². The van der Waals surface area contributed by atoms with Crippen molar-refractivity contribution in [2.24, 2.45) is 10.2 Å². The lowest BCUT2D eigenvalue weighted by atomic mass is 10.2. The Kier molecular flexibility index (Phi) is 7.95. The van der Waals surface area contributed by atoms with Crippen LogP contribution in [0.5, 0.6) is 0 Å². The minimum Gasteiger partial charge on any atom is -0.500 e. The van der Waals surface area contributed by atoms with Gasteiger partial charge < -0.3 is 9.16 Å². The molecular formula is C18H28N2O4Si. The van der Waals surface area contributed by atoms with E-state index in [4.69, 9.17) is 9.16 Å². The van der Waals surface area contributed by atoms with E-state index in [2.05, 4.69) is 51.8 Å². The molecule has 0 aliphatic heterocycles. The van der Waals surface area contributed by atoms with Gasteiger partial charge in [0.1, 0.15) is 6.61 Å². The molecule has 2 amide bonds. The van der Waals surface area contributed by atoms with E-state index < -0.39 is 20.5 Å². The highest BCUT2D eigenvalue weighted by molar-refractivity contribution is 6.78. The molecule has 0 aliphatic carbocycles. The quantitative estimate of drug-likeness (QED) is 0.452. The van der Waals surface area contributed by atoms with E-state index in [-0.39, 0.29) is 23.2 Å². The van der Waals surface area contributed by atoms with Gasteiger partial charge in [-0.15, -0.1) is 0 Å². The average molecular weight is 365 g/mol. The summed E-state index contributed by atoms with van der Waals surface area (Å²) in [6.07, 6.45) is -1.73. The maximum Gasteiger partial charge on any atom is 0.452 e. The Balaban J connectivity index is 2.67. The first-order valence-electron chi connectivity index (χ1n) is 8.55. The molecule has 0 aliphatic rings. The van der Waals surface area contributed by atoms with Crippen molar-refractivity contribution in [1.82, 2.24) is 0 Å². The van der Waals surface area contributed by atoms with Crippen LogP contribution < -0.4 is 0 Å². The van der Waals surface area contributed by atoms with E-state index >= 15 is 0 Å². The zero-order valence-corrected chi connectivity index (χ0v) is 16.9. The maximum atomic E-state index is 12.1. The molecule has 1 aromatic rings. The van der Waals surface area contributed by atoms with Crippen LogP contribution in [0.4, 0.5) is 9.59 Å². The van der Waals surface area contributed by atoms with Gasteiger partial charge in [-0.3, -0.25) is 0 Å². The molecule has 0 spiro atoms.